The average Bonchev–Trinajstić information content (AvgIpc) is 2.30. The molecule has 2 aromatic rings. The summed E-state index contributed by atoms with van der Waals surface area (Å²) in [5, 5.41) is 8.74. The number of carbonyl (C=O) groups is 1. The predicted octanol–water partition coefficient (Wildman–Crippen LogP) is 1.07. The topological polar surface area (TPSA) is 72.2 Å². The number of nitrogens with zero attached hydrogens (tertiary/aromatic N) is 2. The molecule has 5 nitrogen and oxygen atoms in total. The summed E-state index contributed by atoms with van der Waals surface area (Å²) in [5.74, 6) is -2.42. The summed E-state index contributed by atoms with van der Waals surface area (Å²) in [6, 6.07) is 5.72. The van der Waals surface area contributed by atoms with E-state index in [-0.39, 0.29) is 5.82 Å². The third kappa shape index (κ3) is 1.92. The summed E-state index contributed by atoms with van der Waals surface area (Å²) in [7, 11) is 0. The van der Waals surface area contributed by atoms with Crippen molar-refractivity contribution in [1.82, 2.24) is 9.55 Å². The Bertz CT molecular complexity index is 622. The second-order valence-corrected chi connectivity index (χ2v) is 3.21. The molecule has 2 heterocycles. The number of pyridine rings is 2. The molecule has 2 aromatic heterocycles. The van der Waals surface area contributed by atoms with E-state index in [0.717, 1.165) is 16.8 Å². The lowest BCUT2D eigenvalue weighted by atomic mass is 10.2. The van der Waals surface area contributed by atoms with Crippen LogP contribution in [0.4, 0.5) is 4.39 Å². The Balaban J connectivity index is 2.71. The van der Waals surface area contributed by atoms with E-state index < -0.39 is 22.9 Å². The van der Waals surface area contributed by atoms with Crippen molar-refractivity contribution in [3.63, 3.8) is 0 Å². The minimum atomic E-state index is -1.60. The smallest absolute Gasteiger partial charge is 0.344 e. The van der Waals surface area contributed by atoms with Crippen LogP contribution in [0.15, 0.2) is 41.5 Å². The third-order valence-corrected chi connectivity index (χ3v) is 2.15. The van der Waals surface area contributed by atoms with Gasteiger partial charge in [0, 0.05) is 12.4 Å². The second kappa shape index (κ2) is 4.17. The number of rotatable bonds is 2. The molecule has 0 spiro atoms. The zero-order valence-electron chi connectivity index (χ0n) is 8.50. The van der Waals surface area contributed by atoms with Gasteiger partial charge in [-0.25, -0.2) is 14.2 Å². The van der Waals surface area contributed by atoms with Gasteiger partial charge in [-0.1, -0.05) is 6.07 Å². The predicted molar refractivity (Wildman–Crippen MR) is 56.8 cm³/mol. The molecule has 0 atom stereocenters. The lowest BCUT2D eigenvalue weighted by Gasteiger charge is -2.05. The van der Waals surface area contributed by atoms with Gasteiger partial charge in [0.25, 0.3) is 5.56 Å². The number of hydrogen-bond donors (Lipinski definition) is 1. The largest absolute Gasteiger partial charge is 0.477 e. The number of aromatic nitrogens is 2. The molecule has 0 saturated carbocycles. The zero-order valence-corrected chi connectivity index (χ0v) is 8.50. The minimum absolute atomic E-state index is 0.236. The maximum absolute atomic E-state index is 13.2. The van der Waals surface area contributed by atoms with Gasteiger partial charge in [-0.2, -0.15) is 0 Å². The molecule has 0 bridgehead atoms. The van der Waals surface area contributed by atoms with E-state index in [1.165, 1.54) is 12.3 Å². The quantitative estimate of drug-likeness (QED) is 0.843. The van der Waals surface area contributed by atoms with Crippen molar-refractivity contribution in [2.24, 2.45) is 0 Å². The van der Waals surface area contributed by atoms with Crippen molar-refractivity contribution in [3.05, 3.63) is 58.4 Å². The monoisotopic (exact) mass is 234 g/mol. The summed E-state index contributed by atoms with van der Waals surface area (Å²) >= 11 is 0. The molecule has 0 fully saturated rings. The Morgan fingerprint density at radius 2 is 2.12 bits per heavy atom. The number of aromatic carboxylic acids is 1. The number of halogens is 1. The Kier molecular flexibility index (Phi) is 2.70. The fourth-order valence-corrected chi connectivity index (χ4v) is 1.38. The van der Waals surface area contributed by atoms with Crippen LogP contribution in [0.25, 0.3) is 5.82 Å². The highest BCUT2D eigenvalue weighted by atomic mass is 19.1. The highest BCUT2D eigenvalue weighted by Gasteiger charge is 2.17. The Labute approximate surface area is 94.8 Å². The molecular formula is C11H7FN2O3. The summed E-state index contributed by atoms with van der Waals surface area (Å²) in [6.45, 7) is 0. The maximum atomic E-state index is 13.2. The molecule has 0 aliphatic carbocycles. The van der Waals surface area contributed by atoms with E-state index in [0.29, 0.717) is 0 Å². The first-order valence-corrected chi connectivity index (χ1v) is 4.67. The first-order valence-electron chi connectivity index (χ1n) is 4.67. The van der Waals surface area contributed by atoms with Crippen LogP contribution < -0.4 is 5.56 Å². The molecule has 0 aliphatic heterocycles. The highest BCUT2D eigenvalue weighted by molar-refractivity contribution is 5.87. The third-order valence-electron chi connectivity index (χ3n) is 2.15. The summed E-state index contributed by atoms with van der Waals surface area (Å²) in [6.07, 6.45) is 2.60. The minimum Gasteiger partial charge on any atom is -0.477 e. The molecule has 17 heavy (non-hydrogen) atoms. The molecule has 1 N–H and O–H groups in total. The fourth-order valence-electron chi connectivity index (χ4n) is 1.38. The molecule has 86 valence electrons. The molecule has 0 aromatic carbocycles. The molecule has 0 radical (unpaired) electrons. The van der Waals surface area contributed by atoms with Crippen LogP contribution in [0.1, 0.15) is 10.4 Å². The Morgan fingerprint density at radius 3 is 2.71 bits per heavy atom. The molecular weight excluding hydrogens is 227 g/mol. The van der Waals surface area contributed by atoms with E-state index in [1.807, 2.05) is 0 Å². The summed E-state index contributed by atoms with van der Waals surface area (Å²) in [5.41, 5.74) is -1.84. The van der Waals surface area contributed by atoms with Crippen LogP contribution in [0, 0.1) is 5.82 Å². The molecule has 0 unspecified atom stereocenters. The van der Waals surface area contributed by atoms with Crippen LogP contribution in [0.5, 0.6) is 0 Å². The van der Waals surface area contributed by atoms with Gasteiger partial charge in [0.2, 0.25) is 0 Å². The maximum Gasteiger partial charge on any atom is 0.344 e. The van der Waals surface area contributed by atoms with E-state index in [4.69, 9.17) is 5.11 Å². The van der Waals surface area contributed by atoms with Gasteiger partial charge in [0.1, 0.15) is 11.6 Å². The standard InChI is InChI=1S/C11H7FN2O3/c12-7-4-6-14(8-3-1-2-5-13-8)10(15)9(7)11(16)17/h1-6H,(H,16,17). The average molecular weight is 234 g/mol. The molecule has 0 aliphatic rings. The molecule has 0 saturated heterocycles. The van der Waals surface area contributed by atoms with Gasteiger partial charge < -0.3 is 5.11 Å². The number of carboxylic acids is 1. The van der Waals surface area contributed by atoms with Crippen molar-refractivity contribution in [2.75, 3.05) is 0 Å². The van der Waals surface area contributed by atoms with Crippen LogP contribution in [-0.2, 0) is 0 Å². The van der Waals surface area contributed by atoms with Crippen molar-refractivity contribution in [3.8, 4) is 5.82 Å². The second-order valence-electron chi connectivity index (χ2n) is 3.21. The van der Waals surface area contributed by atoms with E-state index in [9.17, 15) is 14.0 Å². The highest BCUT2D eigenvalue weighted by Crippen LogP contribution is 2.05. The van der Waals surface area contributed by atoms with Gasteiger partial charge in [-0.15, -0.1) is 0 Å². The number of carboxylic acid groups (broad SMARTS) is 1. The van der Waals surface area contributed by atoms with E-state index in [2.05, 4.69) is 4.98 Å². The Hall–Kier alpha value is -2.50. The molecule has 0 amide bonds. The number of hydrogen-bond acceptors (Lipinski definition) is 3. The van der Waals surface area contributed by atoms with Crippen molar-refractivity contribution in [2.45, 2.75) is 0 Å². The zero-order chi connectivity index (χ0) is 12.4. The van der Waals surface area contributed by atoms with Crippen molar-refractivity contribution >= 4 is 5.97 Å². The normalized spacial score (nSPS) is 10.2. The Morgan fingerprint density at radius 1 is 1.35 bits per heavy atom. The SMILES string of the molecule is O=C(O)c1c(F)ccn(-c2ccccn2)c1=O. The van der Waals surface area contributed by atoms with Crippen molar-refractivity contribution in [1.29, 1.82) is 0 Å². The fraction of sp³-hybridized carbons (Fsp3) is 0. The van der Waals surface area contributed by atoms with Crippen LogP contribution in [0.2, 0.25) is 0 Å². The molecule has 2 rings (SSSR count). The van der Waals surface area contributed by atoms with Gasteiger partial charge in [-0.05, 0) is 18.2 Å². The van der Waals surface area contributed by atoms with E-state index >= 15 is 0 Å². The van der Waals surface area contributed by atoms with Gasteiger partial charge >= 0.3 is 5.97 Å². The van der Waals surface area contributed by atoms with Gasteiger partial charge in [0.15, 0.2) is 5.56 Å². The lowest BCUT2D eigenvalue weighted by Crippen LogP contribution is -2.26. The van der Waals surface area contributed by atoms with E-state index in [1.54, 1.807) is 12.1 Å². The first kappa shape index (κ1) is 11.0. The summed E-state index contributed by atoms with van der Waals surface area (Å²) in [4.78, 5) is 26.4. The lowest BCUT2D eigenvalue weighted by molar-refractivity contribution is 0.0689. The van der Waals surface area contributed by atoms with Crippen LogP contribution in [0.3, 0.4) is 0 Å². The summed E-state index contributed by atoms with van der Waals surface area (Å²) < 4.78 is 14.2. The van der Waals surface area contributed by atoms with Crippen molar-refractivity contribution < 1.29 is 14.3 Å². The molecule has 6 heteroatoms. The first-order chi connectivity index (χ1) is 8.11. The van der Waals surface area contributed by atoms with Crippen LogP contribution in [-0.4, -0.2) is 20.6 Å². The van der Waals surface area contributed by atoms with Gasteiger partial charge in [-0.3, -0.25) is 9.36 Å². The van der Waals surface area contributed by atoms with Crippen LogP contribution >= 0.6 is 0 Å². The van der Waals surface area contributed by atoms with Gasteiger partial charge in [0.05, 0.1) is 0 Å².